The molecule has 1 N–H and O–H groups in total. The summed E-state index contributed by atoms with van der Waals surface area (Å²) in [7, 11) is -4.70. The summed E-state index contributed by atoms with van der Waals surface area (Å²) in [6.07, 6.45) is 1.40. The Kier molecular flexibility index (Phi) is 5.88. The lowest BCUT2D eigenvalue weighted by Crippen LogP contribution is -2.14. The van der Waals surface area contributed by atoms with Crippen molar-refractivity contribution in [2.75, 3.05) is 5.32 Å². The summed E-state index contributed by atoms with van der Waals surface area (Å²) in [5, 5.41) is 2.58. The number of nitrogens with zero attached hydrogens (tertiary/aromatic N) is 1. The molecule has 1 aromatic heterocycles. The minimum atomic E-state index is -4.70. The number of hydrogen-bond acceptors (Lipinski definition) is 5. The van der Waals surface area contributed by atoms with Crippen LogP contribution < -0.4 is 10.1 Å². The fourth-order valence-electron chi connectivity index (χ4n) is 2.34. The first-order valence-electron chi connectivity index (χ1n) is 8.40. The molecule has 0 atom stereocenters. The third-order valence-corrected chi connectivity index (χ3v) is 5.32. The van der Waals surface area contributed by atoms with E-state index < -0.39 is 26.4 Å². The lowest BCUT2D eigenvalue weighted by molar-refractivity contribution is 0.102. The molecule has 2 aromatic carbocycles. The largest absolute Gasteiger partial charge is 0.439 e. The van der Waals surface area contributed by atoms with Gasteiger partial charge in [-0.3, -0.25) is 4.79 Å². The van der Waals surface area contributed by atoms with Crippen LogP contribution in [-0.4, -0.2) is 25.1 Å². The number of anilines is 1. The molecule has 0 saturated heterocycles. The van der Waals surface area contributed by atoms with Crippen molar-refractivity contribution in [3.63, 3.8) is 0 Å². The van der Waals surface area contributed by atoms with Crippen molar-refractivity contribution in [2.24, 2.45) is 0 Å². The summed E-state index contributed by atoms with van der Waals surface area (Å²) in [5.74, 6) is -3.10. The lowest BCUT2D eigenvalue weighted by Gasteiger charge is -2.08. The Hall–Kier alpha value is -3.33. The molecule has 0 saturated carbocycles. The number of pyridine rings is 1. The highest BCUT2D eigenvalue weighted by atomic mass is 32.2. The number of nitrogens with one attached hydrogen (secondary N) is 1. The summed E-state index contributed by atoms with van der Waals surface area (Å²) in [4.78, 5) is 15.8. The highest BCUT2D eigenvalue weighted by molar-refractivity contribution is 7.91. The number of sulfone groups is 1. The van der Waals surface area contributed by atoms with E-state index in [0.29, 0.717) is 17.3 Å². The van der Waals surface area contributed by atoms with Crippen LogP contribution in [0.4, 0.5) is 14.5 Å². The third-order valence-electron chi connectivity index (χ3n) is 3.92. The molecule has 0 aliphatic carbocycles. The smallest absolute Gasteiger partial charge is 0.341 e. The van der Waals surface area contributed by atoms with Crippen LogP contribution in [0.1, 0.15) is 15.9 Å². The summed E-state index contributed by atoms with van der Waals surface area (Å²) in [6, 6.07) is 14.8. The Morgan fingerprint density at radius 2 is 1.66 bits per heavy atom. The Bertz CT molecular complexity index is 1100. The molecule has 1 amide bonds. The molecule has 150 valence electrons. The van der Waals surface area contributed by atoms with Crippen molar-refractivity contribution in [1.29, 1.82) is 0 Å². The molecule has 0 fully saturated rings. The number of carbonyl (C=O) groups excluding carboxylic acids is 1. The molecule has 9 heteroatoms. The Balaban J connectivity index is 1.65. The van der Waals surface area contributed by atoms with Crippen LogP contribution in [0.25, 0.3) is 0 Å². The topological polar surface area (TPSA) is 85.4 Å². The molecule has 0 aliphatic rings. The second kappa shape index (κ2) is 8.36. The number of hydrogen-bond donors (Lipinski definition) is 1. The average molecular weight is 418 g/mol. The quantitative estimate of drug-likeness (QED) is 0.640. The van der Waals surface area contributed by atoms with Crippen LogP contribution >= 0.6 is 0 Å². The van der Waals surface area contributed by atoms with Crippen LogP contribution in [0.15, 0.2) is 71.8 Å². The van der Waals surface area contributed by atoms with Crippen LogP contribution in [-0.2, 0) is 9.84 Å². The maximum Gasteiger partial charge on any atom is 0.341 e. The van der Waals surface area contributed by atoms with Gasteiger partial charge in [0.1, 0.15) is 5.75 Å². The van der Waals surface area contributed by atoms with Gasteiger partial charge >= 0.3 is 5.76 Å². The van der Waals surface area contributed by atoms with Gasteiger partial charge in [-0.05, 0) is 49.4 Å². The maximum absolute atomic E-state index is 12.5. The molecule has 0 bridgehead atoms. The number of benzene rings is 2. The number of ether oxygens (including phenoxy) is 1. The first-order chi connectivity index (χ1) is 13.8. The molecule has 29 heavy (non-hydrogen) atoms. The Morgan fingerprint density at radius 1 is 1.00 bits per heavy atom. The predicted molar refractivity (Wildman–Crippen MR) is 103 cm³/mol. The zero-order valence-electron chi connectivity index (χ0n) is 15.2. The Labute approximate surface area is 166 Å². The third kappa shape index (κ3) is 4.94. The molecule has 3 rings (SSSR count). The maximum atomic E-state index is 12.5. The number of aryl methyl sites for hydroxylation is 1. The van der Waals surface area contributed by atoms with E-state index in [1.54, 1.807) is 12.1 Å². The monoisotopic (exact) mass is 418 g/mol. The fourth-order valence-corrected chi connectivity index (χ4v) is 3.06. The van der Waals surface area contributed by atoms with E-state index in [-0.39, 0.29) is 5.56 Å². The second-order valence-electron chi connectivity index (χ2n) is 6.08. The van der Waals surface area contributed by atoms with E-state index in [9.17, 15) is 22.0 Å². The van der Waals surface area contributed by atoms with Gasteiger partial charge in [-0.25, -0.2) is 13.4 Å². The lowest BCUT2D eigenvalue weighted by atomic mass is 10.2. The molecule has 0 unspecified atom stereocenters. The van der Waals surface area contributed by atoms with Crippen LogP contribution in [0.3, 0.4) is 0 Å². The zero-order valence-corrected chi connectivity index (χ0v) is 16.0. The van der Waals surface area contributed by atoms with Crippen LogP contribution in [0, 0.1) is 6.92 Å². The van der Waals surface area contributed by atoms with Gasteiger partial charge < -0.3 is 10.1 Å². The van der Waals surface area contributed by atoms with Crippen molar-refractivity contribution >= 4 is 21.4 Å². The van der Waals surface area contributed by atoms with Crippen molar-refractivity contribution in [3.8, 4) is 11.6 Å². The summed E-state index contributed by atoms with van der Waals surface area (Å²) >= 11 is 0. The number of aromatic nitrogens is 1. The fraction of sp³-hybridized carbons (Fsp3) is 0.100. The van der Waals surface area contributed by atoms with Crippen LogP contribution in [0.2, 0.25) is 0 Å². The summed E-state index contributed by atoms with van der Waals surface area (Å²) < 4.78 is 53.5. The van der Waals surface area contributed by atoms with E-state index in [2.05, 4.69) is 10.3 Å². The van der Waals surface area contributed by atoms with E-state index in [0.717, 1.165) is 29.8 Å². The Morgan fingerprint density at radius 3 is 2.21 bits per heavy atom. The van der Waals surface area contributed by atoms with Gasteiger partial charge in [0.15, 0.2) is 0 Å². The van der Waals surface area contributed by atoms with Crippen LogP contribution in [0.5, 0.6) is 11.6 Å². The zero-order chi connectivity index (χ0) is 21.0. The van der Waals surface area contributed by atoms with E-state index in [4.69, 9.17) is 4.74 Å². The van der Waals surface area contributed by atoms with Crippen molar-refractivity contribution in [2.45, 2.75) is 17.6 Å². The molecule has 1 heterocycles. The average Bonchev–Trinajstić information content (AvgIpc) is 2.71. The van der Waals surface area contributed by atoms with Crippen molar-refractivity contribution in [1.82, 2.24) is 4.98 Å². The highest BCUT2D eigenvalue weighted by Crippen LogP contribution is 2.22. The number of alkyl halides is 2. The SMILES string of the molecule is Cc1ccc(Oc2ccc(NC(=O)c3ccc(S(=O)(=O)C(F)F)cc3)cn2)cc1. The molecule has 3 aromatic rings. The van der Waals surface area contributed by atoms with E-state index in [1.165, 1.54) is 6.20 Å². The number of amides is 1. The first kappa shape index (κ1) is 20.4. The van der Waals surface area contributed by atoms with Gasteiger partial charge in [-0.15, -0.1) is 0 Å². The minimum absolute atomic E-state index is 0.109. The van der Waals surface area contributed by atoms with Gasteiger partial charge in [0.25, 0.3) is 5.91 Å². The van der Waals surface area contributed by atoms with Crippen molar-refractivity contribution in [3.05, 3.63) is 78.0 Å². The molecule has 0 spiro atoms. The molecule has 0 aliphatic heterocycles. The second-order valence-corrected chi connectivity index (χ2v) is 8.00. The number of rotatable bonds is 6. The standard InChI is InChI=1S/C20H16F2N2O4S/c1-13-2-7-16(8-3-13)28-18-11-6-15(12-23-18)24-19(25)14-4-9-17(10-5-14)29(26,27)20(21)22/h2-12,20H,1H3,(H,24,25). The van der Waals surface area contributed by atoms with Gasteiger partial charge in [-0.2, -0.15) is 8.78 Å². The molecular weight excluding hydrogens is 402 g/mol. The molecule has 6 nitrogen and oxygen atoms in total. The van der Waals surface area contributed by atoms with Gasteiger partial charge in [0, 0.05) is 11.6 Å². The summed E-state index contributed by atoms with van der Waals surface area (Å²) in [6.45, 7) is 1.96. The predicted octanol–water partition coefficient (Wildman–Crippen LogP) is 4.43. The van der Waals surface area contributed by atoms with E-state index in [1.807, 2.05) is 31.2 Å². The van der Waals surface area contributed by atoms with Gasteiger partial charge in [0.2, 0.25) is 15.7 Å². The number of carbonyl (C=O) groups is 1. The molecular formula is C20H16F2N2O4S. The van der Waals surface area contributed by atoms with E-state index >= 15 is 0 Å². The highest BCUT2D eigenvalue weighted by Gasteiger charge is 2.26. The minimum Gasteiger partial charge on any atom is -0.439 e. The summed E-state index contributed by atoms with van der Waals surface area (Å²) in [5.41, 5.74) is 1.59. The molecule has 0 radical (unpaired) electrons. The van der Waals surface area contributed by atoms with Gasteiger partial charge in [0.05, 0.1) is 16.8 Å². The first-order valence-corrected chi connectivity index (χ1v) is 9.94. The van der Waals surface area contributed by atoms with Gasteiger partial charge in [-0.1, -0.05) is 17.7 Å². The normalized spacial score (nSPS) is 11.3. The number of halogens is 2. The van der Waals surface area contributed by atoms with Crippen molar-refractivity contribution < 1.29 is 26.7 Å².